The van der Waals surface area contributed by atoms with Crippen LogP contribution in [0.15, 0.2) is 11.6 Å². The molecule has 0 aliphatic heterocycles. The molecule has 2 rings (SSSR count). The van der Waals surface area contributed by atoms with E-state index >= 15 is 0 Å². The number of carboxylic acid groups (broad SMARTS) is 1. The highest BCUT2D eigenvalue weighted by atomic mass is 16.5. The second-order valence-corrected chi connectivity index (χ2v) is 8.78. The van der Waals surface area contributed by atoms with E-state index in [1.165, 1.54) is 5.57 Å². The van der Waals surface area contributed by atoms with Crippen molar-refractivity contribution in [3.8, 4) is 23.7 Å². The van der Waals surface area contributed by atoms with Crippen LogP contribution in [-0.4, -0.2) is 46.7 Å². The highest BCUT2D eigenvalue weighted by Gasteiger charge is 2.42. The Balaban J connectivity index is 1.95. The van der Waals surface area contributed by atoms with Gasteiger partial charge in [-0.1, -0.05) is 44.3 Å². The number of rotatable bonds is 7. The van der Waals surface area contributed by atoms with E-state index in [4.69, 9.17) is 9.84 Å². The zero-order chi connectivity index (χ0) is 21.4. The van der Waals surface area contributed by atoms with Crippen molar-refractivity contribution in [1.29, 1.82) is 0 Å². The zero-order valence-corrected chi connectivity index (χ0v) is 17.8. The van der Waals surface area contributed by atoms with Gasteiger partial charge in [-0.05, 0) is 37.5 Å². The van der Waals surface area contributed by atoms with Crippen molar-refractivity contribution in [1.82, 2.24) is 0 Å². The molecule has 0 bridgehead atoms. The SMILES string of the molecule is CCC#CCC(C)(C)[C@H](O)C#C[C@@H]1[C@H]2CCC(CCOCC(=O)O)=C[C@H]2C[C@H]1O. The molecule has 2 aliphatic carbocycles. The van der Waals surface area contributed by atoms with Crippen LogP contribution in [0.1, 0.15) is 59.3 Å². The molecule has 2 aliphatic rings. The predicted molar refractivity (Wildman–Crippen MR) is 112 cm³/mol. The molecule has 0 amide bonds. The summed E-state index contributed by atoms with van der Waals surface area (Å²) in [6.45, 7) is 6.07. The average molecular weight is 403 g/mol. The summed E-state index contributed by atoms with van der Waals surface area (Å²) in [4.78, 5) is 10.5. The topological polar surface area (TPSA) is 87.0 Å². The van der Waals surface area contributed by atoms with Gasteiger partial charge in [-0.15, -0.1) is 11.8 Å². The first kappa shape index (κ1) is 23.5. The van der Waals surface area contributed by atoms with Gasteiger partial charge in [-0.2, -0.15) is 0 Å². The second kappa shape index (κ2) is 10.8. The van der Waals surface area contributed by atoms with Gasteiger partial charge >= 0.3 is 5.97 Å². The molecule has 1 saturated carbocycles. The van der Waals surface area contributed by atoms with Crippen LogP contribution in [0.4, 0.5) is 0 Å². The Morgan fingerprint density at radius 3 is 2.83 bits per heavy atom. The molecule has 0 unspecified atom stereocenters. The molecule has 0 saturated heterocycles. The largest absolute Gasteiger partial charge is 0.480 e. The maximum Gasteiger partial charge on any atom is 0.329 e. The van der Waals surface area contributed by atoms with Gasteiger partial charge in [-0.25, -0.2) is 4.79 Å². The van der Waals surface area contributed by atoms with Crippen molar-refractivity contribution >= 4 is 5.97 Å². The van der Waals surface area contributed by atoms with Crippen molar-refractivity contribution in [2.45, 2.75) is 71.5 Å². The van der Waals surface area contributed by atoms with Crippen molar-refractivity contribution in [3.63, 3.8) is 0 Å². The Bertz CT molecular complexity index is 715. The minimum absolute atomic E-state index is 0.117. The molecule has 1 fully saturated rings. The van der Waals surface area contributed by atoms with Gasteiger partial charge in [0, 0.05) is 24.2 Å². The molecular formula is C24H34O5. The van der Waals surface area contributed by atoms with Crippen LogP contribution in [0, 0.1) is 46.9 Å². The standard InChI is InChI=1S/C24H34O5/c1-4-5-6-12-24(2,3)22(26)10-9-20-19-8-7-17(11-13-29-16-23(27)28)14-18(19)15-21(20)25/h14,18-22,25-26H,4,7-8,11-13,15-16H2,1-3H3,(H,27,28)/t18-,19-,20+,21+,22+/m0/s1. The van der Waals surface area contributed by atoms with Crippen LogP contribution in [0.2, 0.25) is 0 Å². The highest BCUT2D eigenvalue weighted by Crippen LogP contribution is 2.45. The Hall–Kier alpha value is -1.79. The maximum atomic E-state index is 10.5. The van der Waals surface area contributed by atoms with E-state index in [2.05, 4.69) is 29.8 Å². The van der Waals surface area contributed by atoms with Crippen LogP contribution < -0.4 is 0 Å². The highest BCUT2D eigenvalue weighted by molar-refractivity contribution is 5.67. The first-order valence-corrected chi connectivity index (χ1v) is 10.6. The number of aliphatic hydroxyl groups is 2. The smallest absolute Gasteiger partial charge is 0.329 e. The zero-order valence-electron chi connectivity index (χ0n) is 17.8. The molecule has 5 nitrogen and oxygen atoms in total. The van der Waals surface area contributed by atoms with E-state index in [9.17, 15) is 15.0 Å². The van der Waals surface area contributed by atoms with E-state index in [0.717, 1.165) is 25.7 Å². The minimum atomic E-state index is -0.953. The van der Waals surface area contributed by atoms with Gasteiger partial charge in [0.25, 0.3) is 0 Å². The van der Waals surface area contributed by atoms with Crippen LogP contribution in [0.3, 0.4) is 0 Å². The number of ether oxygens (including phenoxy) is 1. The van der Waals surface area contributed by atoms with Crippen LogP contribution in [0.25, 0.3) is 0 Å². The molecule has 160 valence electrons. The monoisotopic (exact) mass is 402 g/mol. The van der Waals surface area contributed by atoms with Gasteiger partial charge in [0.2, 0.25) is 0 Å². The lowest BCUT2D eigenvalue weighted by atomic mass is 9.78. The van der Waals surface area contributed by atoms with E-state index in [1.807, 2.05) is 20.8 Å². The van der Waals surface area contributed by atoms with E-state index < -0.39 is 23.6 Å². The summed E-state index contributed by atoms with van der Waals surface area (Å²) >= 11 is 0. The number of hydrogen-bond donors (Lipinski definition) is 3. The maximum absolute atomic E-state index is 10.5. The Labute approximate surface area is 174 Å². The molecule has 0 spiro atoms. The lowest BCUT2D eigenvalue weighted by Crippen LogP contribution is -2.28. The number of aliphatic hydroxyl groups excluding tert-OH is 2. The molecular weight excluding hydrogens is 368 g/mol. The van der Waals surface area contributed by atoms with Gasteiger partial charge in [0.1, 0.15) is 12.7 Å². The fourth-order valence-electron chi connectivity index (χ4n) is 4.13. The number of fused-ring (bicyclic) bond motifs is 1. The third-order valence-corrected chi connectivity index (χ3v) is 5.95. The van der Waals surface area contributed by atoms with E-state index in [1.54, 1.807) is 0 Å². The van der Waals surface area contributed by atoms with Gasteiger partial charge < -0.3 is 20.1 Å². The summed E-state index contributed by atoms with van der Waals surface area (Å²) in [7, 11) is 0. The first-order valence-electron chi connectivity index (χ1n) is 10.6. The Morgan fingerprint density at radius 1 is 1.38 bits per heavy atom. The number of allylic oxidation sites excluding steroid dienone is 1. The normalized spacial score (nSPS) is 27.0. The van der Waals surface area contributed by atoms with Crippen LogP contribution in [-0.2, 0) is 9.53 Å². The van der Waals surface area contributed by atoms with Gasteiger partial charge in [-0.3, -0.25) is 0 Å². The molecule has 0 aromatic carbocycles. The summed E-state index contributed by atoms with van der Waals surface area (Å²) in [6.07, 6.45) is 5.65. The number of aliphatic carboxylic acids is 1. The second-order valence-electron chi connectivity index (χ2n) is 8.78. The van der Waals surface area contributed by atoms with Crippen molar-refractivity contribution in [3.05, 3.63) is 11.6 Å². The van der Waals surface area contributed by atoms with Crippen molar-refractivity contribution in [2.24, 2.45) is 23.2 Å². The van der Waals surface area contributed by atoms with Crippen molar-refractivity contribution < 1.29 is 24.9 Å². The molecule has 0 aromatic rings. The molecule has 3 N–H and O–H groups in total. The van der Waals surface area contributed by atoms with Crippen LogP contribution in [0.5, 0.6) is 0 Å². The molecule has 5 heteroatoms. The Morgan fingerprint density at radius 2 is 2.14 bits per heavy atom. The molecule has 5 atom stereocenters. The lowest BCUT2D eigenvalue weighted by Gasteiger charge is -2.27. The quantitative estimate of drug-likeness (QED) is 0.346. The van der Waals surface area contributed by atoms with E-state index in [-0.39, 0.29) is 18.4 Å². The molecule has 0 heterocycles. The first-order chi connectivity index (χ1) is 13.7. The third-order valence-electron chi connectivity index (χ3n) is 5.95. The average Bonchev–Trinajstić information content (AvgIpc) is 2.97. The minimum Gasteiger partial charge on any atom is -0.480 e. The molecule has 0 radical (unpaired) electrons. The van der Waals surface area contributed by atoms with E-state index in [0.29, 0.717) is 25.4 Å². The molecule has 0 aromatic heterocycles. The van der Waals surface area contributed by atoms with Crippen molar-refractivity contribution in [2.75, 3.05) is 13.2 Å². The fraction of sp³-hybridized carbons (Fsp3) is 0.708. The number of carbonyl (C=O) groups is 1. The number of carboxylic acids is 1. The van der Waals surface area contributed by atoms with Gasteiger partial charge in [0.05, 0.1) is 12.7 Å². The summed E-state index contributed by atoms with van der Waals surface area (Å²) in [5.74, 6) is 11.8. The van der Waals surface area contributed by atoms with Crippen LogP contribution >= 0.6 is 0 Å². The fourth-order valence-corrected chi connectivity index (χ4v) is 4.13. The lowest BCUT2D eigenvalue weighted by molar-refractivity contribution is -0.142. The van der Waals surface area contributed by atoms with Gasteiger partial charge in [0.15, 0.2) is 0 Å². The molecule has 29 heavy (non-hydrogen) atoms. The predicted octanol–water partition coefficient (Wildman–Crippen LogP) is 3.01. The summed E-state index contributed by atoms with van der Waals surface area (Å²) in [5.41, 5.74) is 0.862. The summed E-state index contributed by atoms with van der Waals surface area (Å²) in [5, 5.41) is 29.7. The number of hydrogen-bond acceptors (Lipinski definition) is 4. The Kier molecular flexibility index (Phi) is 8.78. The third kappa shape index (κ3) is 6.89. The summed E-state index contributed by atoms with van der Waals surface area (Å²) in [6, 6.07) is 0. The summed E-state index contributed by atoms with van der Waals surface area (Å²) < 4.78 is 5.13.